The van der Waals surface area contributed by atoms with E-state index in [4.69, 9.17) is 0 Å². The Hall–Kier alpha value is -2.99. The van der Waals surface area contributed by atoms with Crippen LogP contribution in [0.1, 0.15) is 15.5 Å². The molecule has 118 valence electrons. The average molecular weight is 334 g/mol. The number of carbonyl (C=O) groups excluding carboxylic acids is 1. The first-order chi connectivity index (χ1) is 11.8. The zero-order chi connectivity index (χ0) is 16.4. The normalized spacial score (nSPS) is 10.8. The Morgan fingerprint density at radius 1 is 1.04 bits per heavy atom. The third kappa shape index (κ3) is 2.91. The van der Waals surface area contributed by atoms with Gasteiger partial charge in [0.2, 0.25) is 0 Å². The van der Waals surface area contributed by atoms with E-state index in [-0.39, 0.29) is 5.91 Å². The summed E-state index contributed by atoms with van der Waals surface area (Å²) < 4.78 is 2.81. The molecule has 0 aliphatic heterocycles. The van der Waals surface area contributed by atoms with Crippen LogP contribution in [0.3, 0.4) is 0 Å². The van der Waals surface area contributed by atoms with Crippen molar-refractivity contribution in [2.45, 2.75) is 6.54 Å². The maximum Gasteiger partial charge on any atom is 0.272 e. The molecule has 0 fully saturated rings. The number of amides is 1. The zero-order valence-electron chi connectivity index (χ0n) is 12.7. The second kappa shape index (κ2) is 6.25. The summed E-state index contributed by atoms with van der Waals surface area (Å²) in [6.07, 6.45) is 1.78. The molecular formula is C18H14N4OS. The van der Waals surface area contributed by atoms with Crippen molar-refractivity contribution >= 4 is 27.5 Å². The molecule has 0 aliphatic rings. The van der Waals surface area contributed by atoms with Crippen LogP contribution in [-0.4, -0.2) is 20.7 Å². The minimum Gasteiger partial charge on any atom is -0.344 e. The minimum atomic E-state index is -0.205. The van der Waals surface area contributed by atoms with Crippen LogP contribution in [0.2, 0.25) is 0 Å². The van der Waals surface area contributed by atoms with Gasteiger partial charge < -0.3 is 5.32 Å². The Labute approximate surface area is 142 Å². The first kappa shape index (κ1) is 14.6. The third-order valence-corrected chi connectivity index (χ3v) is 4.62. The summed E-state index contributed by atoms with van der Waals surface area (Å²) >= 11 is 1.59. The Kier molecular flexibility index (Phi) is 3.80. The number of hydrogen-bond donors (Lipinski definition) is 1. The number of para-hydroxylation sites is 2. The highest BCUT2D eigenvalue weighted by atomic mass is 32.1. The number of benzene rings is 2. The summed E-state index contributed by atoms with van der Waals surface area (Å²) in [4.78, 5) is 16.8. The largest absolute Gasteiger partial charge is 0.344 e. The zero-order valence-corrected chi connectivity index (χ0v) is 13.5. The number of thiazole rings is 1. The van der Waals surface area contributed by atoms with Crippen LogP contribution in [-0.2, 0) is 6.54 Å². The van der Waals surface area contributed by atoms with Crippen molar-refractivity contribution in [2.24, 2.45) is 0 Å². The number of rotatable bonds is 4. The number of fused-ring (bicyclic) bond motifs is 1. The summed E-state index contributed by atoms with van der Waals surface area (Å²) in [7, 11) is 0. The van der Waals surface area contributed by atoms with Crippen LogP contribution in [0.5, 0.6) is 0 Å². The van der Waals surface area contributed by atoms with Crippen molar-refractivity contribution in [1.82, 2.24) is 20.1 Å². The highest BCUT2D eigenvalue weighted by Crippen LogP contribution is 2.21. The van der Waals surface area contributed by atoms with Crippen LogP contribution < -0.4 is 5.32 Å². The molecular weight excluding hydrogens is 320 g/mol. The number of nitrogens with zero attached hydrogens (tertiary/aromatic N) is 3. The molecule has 5 nitrogen and oxygen atoms in total. The quantitative estimate of drug-likeness (QED) is 0.622. The van der Waals surface area contributed by atoms with Gasteiger partial charge in [-0.25, -0.2) is 9.67 Å². The van der Waals surface area contributed by atoms with E-state index in [1.54, 1.807) is 28.3 Å². The molecule has 0 spiro atoms. The fraction of sp³-hybridized carbons (Fsp3) is 0.0556. The highest BCUT2D eigenvalue weighted by Gasteiger charge is 2.11. The van der Waals surface area contributed by atoms with Crippen LogP contribution in [0.25, 0.3) is 15.9 Å². The Bertz CT molecular complexity index is 957. The molecule has 6 heteroatoms. The lowest BCUT2D eigenvalue weighted by Crippen LogP contribution is -2.23. The summed E-state index contributed by atoms with van der Waals surface area (Å²) in [5, 5.41) is 8.08. The summed E-state index contributed by atoms with van der Waals surface area (Å²) in [6.45, 7) is 0.399. The number of nitrogens with one attached hydrogen (secondary N) is 1. The molecule has 0 saturated heterocycles. The van der Waals surface area contributed by atoms with Gasteiger partial charge in [0.15, 0.2) is 5.69 Å². The monoisotopic (exact) mass is 334 g/mol. The molecule has 0 atom stereocenters. The maximum atomic E-state index is 12.3. The van der Waals surface area contributed by atoms with E-state index < -0.39 is 0 Å². The first-order valence-electron chi connectivity index (χ1n) is 7.53. The van der Waals surface area contributed by atoms with Crippen molar-refractivity contribution in [2.75, 3.05) is 0 Å². The number of hydrogen-bond acceptors (Lipinski definition) is 4. The van der Waals surface area contributed by atoms with Gasteiger partial charge >= 0.3 is 0 Å². The molecule has 0 saturated carbocycles. The molecule has 1 N–H and O–H groups in total. The van der Waals surface area contributed by atoms with Crippen molar-refractivity contribution < 1.29 is 4.79 Å². The smallest absolute Gasteiger partial charge is 0.272 e. The van der Waals surface area contributed by atoms with E-state index in [2.05, 4.69) is 15.4 Å². The molecule has 4 aromatic rings. The fourth-order valence-corrected chi connectivity index (χ4v) is 3.32. The van der Waals surface area contributed by atoms with Crippen LogP contribution in [0, 0.1) is 0 Å². The van der Waals surface area contributed by atoms with E-state index in [0.717, 1.165) is 20.9 Å². The molecule has 2 aromatic carbocycles. The maximum absolute atomic E-state index is 12.3. The average Bonchev–Trinajstić information content (AvgIpc) is 3.27. The van der Waals surface area contributed by atoms with Crippen molar-refractivity contribution in [3.8, 4) is 5.69 Å². The fourth-order valence-electron chi connectivity index (χ4n) is 2.41. The summed E-state index contributed by atoms with van der Waals surface area (Å²) in [5.74, 6) is -0.205. The predicted molar refractivity (Wildman–Crippen MR) is 94.4 cm³/mol. The first-order valence-corrected chi connectivity index (χ1v) is 8.35. The van der Waals surface area contributed by atoms with Gasteiger partial charge in [-0.1, -0.05) is 30.3 Å². The summed E-state index contributed by atoms with van der Waals surface area (Å²) in [6, 6.07) is 19.3. The van der Waals surface area contributed by atoms with Crippen molar-refractivity contribution in [3.63, 3.8) is 0 Å². The third-order valence-electron chi connectivity index (χ3n) is 3.58. The lowest BCUT2D eigenvalue weighted by molar-refractivity contribution is 0.0945. The molecule has 1 amide bonds. The molecule has 0 radical (unpaired) electrons. The highest BCUT2D eigenvalue weighted by molar-refractivity contribution is 7.18. The second-order valence-corrected chi connectivity index (χ2v) is 6.35. The molecule has 4 rings (SSSR count). The predicted octanol–water partition coefficient (Wildman–Crippen LogP) is 3.41. The van der Waals surface area contributed by atoms with E-state index in [1.165, 1.54) is 0 Å². The standard InChI is InChI=1S/C18H14N4OS/c23-18(15-10-11-22(21-15)13-6-2-1-3-7-13)19-12-17-20-14-8-4-5-9-16(14)24-17/h1-11H,12H2,(H,19,23). The van der Waals surface area contributed by atoms with Crippen molar-refractivity contribution in [1.29, 1.82) is 0 Å². The number of aromatic nitrogens is 3. The molecule has 0 bridgehead atoms. The van der Waals surface area contributed by atoms with Gasteiger partial charge in [0.05, 0.1) is 22.4 Å². The molecule has 2 heterocycles. The van der Waals surface area contributed by atoms with Gasteiger partial charge in [0.1, 0.15) is 5.01 Å². The van der Waals surface area contributed by atoms with E-state index in [9.17, 15) is 4.79 Å². The van der Waals surface area contributed by atoms with Crippen LogP contribution >= 0.6 is 11.3 Å². The van der Waals surface area contributed by atoms with Gasteiger partial charge in [-0.3, -0.25) is 4.79 Å². The van der Waals surface area contributed by atoms with E-state index in [1.807, 2.05) is 54.6 Å². The minimum absolute atomic E-state index is 0.205. The Morgan fingerprint density at radius 2 is 1.83 bits per heavy atom. The second-order valence-electron chi connectivity index (χ2n) is 5.24. The lowest BCUT2D eigenvalue weighted by Gasteiger charge is -2.01. The van der Waals surface area contributed by atoms with Gasteiger partial charge in [0.25, 0.3) is 5.91 Å². The molecule has 0 unspecified atom stereocenters. The van der Waals surface area contributed by atoms with Gasteiger partial charge in [-0.05, 0) is 30.3 Å². The lowest BCUT2D eigenvalue weighted by atomic mass is 10.3. The van der Waals surface area contributed by atoms with Crippen molar-refractivity contribution in [3.05, 3.63) is 77.6 Å². The van der Waals surface area contributed by atoms with E-state index >= 15 is 0 Å². The Morgan fingerprint density at radius 3 is 2.67 bits per heavy atom. The van der Waals surface area contributed by atoms with Gasteiger partial charge in [0, 0.05) is 6.20 Å². The topological polar surface area (TPSA) is 59.8 Å². The van der Waals surface area contributed by atoms with E-state index in [0.29, 0.717) is 12.2 Å². The SMILES string of the molecule is O=C(NCc1nc2ccccc2s1)c1ccn(-c2ccccc2)n1. The Balaban J connectivity index is 1.45. The molecule has 2 aromatic heterocycles. The number of carbonyl (C=O) groups is 1. The molecule has 24 heavy (non-hydrogen) atoms. The van der Waals surface area contributed by atoms with Gasteiger partial charge in [-0.15, -0.1) is 11.3 Å². The van der Waals surface area contributed by atoms with Gasteiger partial charge in [-0.2, -0.15) is 5.10 Å². The van der Waals surface area contributed by atoms with Crippen LogP contribution in [0.4, 0.5) is 0 Å². The summed E-state index contributed by atoms with van der Waals surface area (Å²) in [5.41, 5.74) is 2.27. The molecule has 0 aliphatic carbocycles. The van der Waals surface area contributed by atoms with Crippen LogP contribution in [0.15, 0.2) is 66.9 Å².